The number of rotatable bonds is 1. The third-order valence-electron chi connectivity index (χ3n) is 1.51. The summed E-state index contributed by atoms with van der Waals surface area (Å²) in [5.74, 6) is -0.921. The number of halogens is 5. The summed E-state index contributed by atoms with van der Waals surface area (Å²) in [5.41, 5.74) is -0.609. The van der Waals surface area contributed by atoms with Crippen molar-refractivity contribution in [2.75, 3.05) is 0 Å². The third kappa shape index (κ3) is 2.59. The molecule has 0 heterocycles. The zero-order valence-corrected chi connectivity index (χ0v) is 7.40. The molecule has 0 radical (unpaired) electrons. The van der Waals surface area contributed by atoms with Gasteiger partial charge < -0.3 is 5.11 Å². The maximum atomic E-state index is 12.6. The maximum Gasteiger partial charge on any atom is 0.418 e. The van der Waals surface area contributed by atoms with E-state index in [0.29, 0.717) is 6.07 Å². The van der Waals surface area contributed by atoms with Crippen molar-refractivity contribution >= 4 is 11.6 Å². The number of benzene rings is 1. The van der Waals surface area contributed by atoms with Crippen molar-refractivity contribution in [1.29, 1.82) is 0 Å². The van der Waals surface area contributed by atoms with E-state index >= 15 is 0 Å². The Bertz CT molecular complexity index is 316. The molecule has 0 unspecified atom stereocenters. The van der Waals surface area contributed by atoms with Gasteiger partial charge in [-0.2, -0.15) is 13.2 Å². The van der Waals surface area contributed by atoms with Crippen LogP contribution in [-0.2, 0) is 0 Å². The highest BCUT2D eigenvalue weighted by Gasteiger charge is 2.39. The Labute approximate surface area is 81.9 Å². The van der Waals surface area contributed by atoms with Gasteiger partial charge in [-0.3, -0.25) is 0 Å². The van der Waals surface area contributed by atoms with E-state index in [4.69, 9.17) is 16.7 Å². The number of alkyl halides is 3. The molecule has 0 amide bonds. The summed E-state index contributed by atoms with van der Waals surface area (Å²) < 4.78 is 48.6. The highest BCUT2D eigenvalue weighted by Crippen LogP contribution is 2.33. The minimum absolute atomic E-state index is 0.191. The fourth-order valence-corrected chi connectivity index (χ4v) is 1.15. The number of hydrogen-bond acceptors (Lipinski definition) is 1. The predicted octanol–water partition coefficient (Wildman–Crippen LogP) is 3.07. The summed E-state index contributed by atoms with van der Waals surface area (Å²) in [6, 6.07) is 2.31. The second-order valence-electron chi connectivity index (χ2n) is 2.65. The van der Waals surface area contributed by atoms with Crippen molar-refractivity contribution in [2.45, 2.75) is 12.3 Å². The van der Waals surface area contributed by atoms with E-state index in [9.17, 15) is 17.6 Å². The van der Waals surface area contributed by atoms with Crippen molar-refractivity contribution in [3.8, 4) is 0 Å². The van der Waals surface area contributed by atoms with Gasteiger partial charge in [-0.05, 0) is 23.8 Å². The molecule has 14 heavy (non-hydrogen) atoms. The average Bonchev–Trinajstić information content (AvgIpc) is 1.99. The van der Waals surface area contributed by atoms with Gasteiger partial charge in [0.05, 0.1) is 0 Å². The van der Waals surface area contributed by atoms with Gasteiger partial charge in [0.1, 0.15) is 5.82 Å². The first kappa shape index (κ1) is 11.3. The SMILES string of the molecule is O[C@H](c1cc(F)cc(Cl)c1)C(F)(F)F. The Balaban J connectivity index is 3.07. The summed E-state index contributed by atoms with van der Waals surface area (Å²) in [6.07, 6.45) is -7.53. The smallest absolute Gasteiger partial charge is 0.379 e. The molecule has 1 nitrogen and oxygen atoms in total. The Kier molecular flexibility index (Phi) is 3.01. The van der Waals surface area contributed by atoms with Crippen LogP contribution in [0.5, 0.6) is 0 Å². The summed E-state index contributed by atoms with van der Waals surface area (Å²) >= 11 is 5.33. The van der Waals surface area contributed by atoms with Gasteiger partial charge in [-0.15, -0.1) is 0 Å². The standard InChI is InChI=1S/C8H5ClF4O/c9-5-1-4(2-6(10)3-5)7(14)8(11,12)13/h1-3,7,14H/t7-/m1/s1. The van der Waals surface area contributed by atoms with Crippen LogP contribution in [0.1, 0.15) is 11.7 Å². The minimum atomic E-state index is -4.82. The third-order valence-corrected chi connectivity index (χ3v) is 1.73. The minimum Gasteiger partial charge on any atom is -0.379 e. The topological polar surface area (TPSA) is 20.2 Å². The van der Waals surface area contributed by atoms with Gasteiger partial charge in [-0.25, -0.2) is 4.39 Å². The quantitative estimate of drug-likeness (QED) is 0.733. The first-order valence-electron chi connectivity index (χ1n) is 3.51. The number of aliphatic hydroxyl groups is 1. The molecule has 1 atom stereocenters. The molecule has 6 heteroatoms. The van der Waals surface area contributed by atoms with Crippen molar-refractivity contribution in [3.05, 3.63) is 34.6 Å². The van der Waals surface area contributed by atoms with E-state index in [1.54, 1.807) is 0 Å². The van der Waals surface area contributed by atoms with E-state index < -0.39 is 23.7 Å². The summed E-state index contributed by atoms with van der Waals surface area (Å²) in [4.78, 5) is 0. The molecule has 0 aliphatic rings. The molecule has 0 bridgehead atoms. The summed E-state index contributed by atoms with van der Waals surface area (Å²) in [6.45, 7) is 0. The van der Waals surface area contributed by atoms with Crippen LogP contribution in [0.15, 0.2) is 18.2 Å². The van der Waals surface area contributed by atoms with E-state index in [1.165, 1.54) is 0 Å². The van der Waals surface area contributed by atoms with Crippen LogP contribution in [0.4, 0.5) is 17.6 Å². The fourth-order valence-electron chi connectivity index (χ4n) is 0.922. The molecule has 78 valence electrons. The summed E-state index contributed by atoms with van der Waals surface area (Å²) in [5, 5.41) is 8.56. The molecule has 1 aromatic carbocycles. The maximum absolute atomic E-state index is 12.6. The van der Waals surface area contributed by atoms with Crippen LogP contribution in [0.3, 0.4) is 0 Å². The van der Waals surface area contributed by atoms with E-state index in [-0.39, 0.29) is 5.02 Å². The Morgan fingerprint density at radius 1 is 1.21 bits per heavy atom. The van der Waals surface area contributed by atoms with E-state index in [1.807, 2.05) is 0 Å². The number of hydrogen-bond donors (Lipinski definition) is 1. The van der Waals surface area contributed by atoms with Gasteiger partial charge in [0.15, 0.2) is 6.10 Å². The van der Waals surface area contributed by atoms with Gasteiger partial charge in [0.25, 0.3) is 0 Å². The lowest BCUT2D eigenvalue weighted by Crippen LogP contribution is -2.20. The van der Waals surface area contributed by atoms with Gasteiger partial charge >= 0.3 is 6.18 Å². The number of aliphatic hydroxyl groups excluding tert-OH is 1. The van der Waals surface area contributed by atoms with Gasteiger partial charge in [0.2, 0.25) is 0 Å². The van der Waals surface area contributed by atoms with Crippen molar-refractivity contribution in [2.24, 2.45) is 0 Å². The highest BCUT2D eigenvalue weighted by molar-refractivity contribution is 6.30. The molecule has 0 aliphatic heterocycles. The highest BCUT2D eigenvalue weighted by atomic mass is 35.5. The molecule has 0 saturated carbocycles. The van der Waals surface area contributed by atoms with Crippen molar-refractivity contribution < 1.29 is 22.7 Å². The van der Waals surface area contributed by atoms with Crippen LogP contribution in [0.25, 0.3) is 0 Å². The van der Waals surface area contributed by atoms with Crippen LogP contribution in [0, 0.1) is 5.82 Å². The fraction of sp³-hybridized carbons (Fsp3) is 0.250. The van der Waals surface area contributed by atoms with Crippen LogP contribution in [0.2, 0.25) is 5.02 Å². The Morgan fingerprint density at radius 3 is 2.21 bits per heavy atom. The Hall–Kier alpha value is -0.810. The lowest BCUT2D eigenvalue weighted by Gasteiger charge is -2.14. The zero-order chi connectivity index (χ0) is 10.9. The molecule has 0 aliphatic carbocycles. The van der Waals surface area contributed by atoms with Crippen LogP contribution < -0.4 is 0 Å². The lowest BCUT2D eigenvalue weighted by molar-refractivity contribution is -0.206. The average molecular weight is 229 g/mol. The Morgan fingerprint density at radius 2 is 1.79 bits per heavy atom. The normalized spacial score (nSPS) is 14.1. The molecule has 0 saturated heterocycles. The molecule has 0 spiro atoms. The van der Waals surface area contributed by atoms with Crippen molar-refractivity contribution in [3.63, 3.8) is 0 Å². The van der Waals surface area contributed by atoms with E-state index in [0.717, 1.165) is 12.1 Å². The van der Waals surface area contributed by atoms with Gasteiger partial charge in [-0.1, -0.05) is 11.6 Å². The first-order chi connectivity index (χ1) is 6.30. The largest absolute Gasteiger partial charge is 0.418 e. The molecular weight excluding hydrogens is 224 g/mol. The molecule has 1 rings (SSSR count). The van der Waals surface area contributed by atoms with Crippen LogP contribution >= 0.6 is 11.6 Å². The van der Waals surface area contributed by atoms with Crippen LogP contribution in [-0.4, -0.2) is 11.3 Å². The monoisotopic (exact) mass is 228 g/mol. The molecule has 1 N–H and O–H groups in total. The second kappa shape index (κ2) is 3.74. The first-order valence-corrected chi connectivity index (χ1v) is 3.89. The predicted molar refractivity (Wildman–Crippen MR) is 42.4 cm³/mol. The van der Waals surface area contributed by atoms with Gasteiger partial charge in [0, 0.05) is 5.02 Å². The molecular formula is C8H5ClF4O. The summed E-state index contributed by atoms with van der Waals surface area (Å²) in [7, 11) is 0. The van der Waals surface area contributed by atoms with E-state index in [2.05, 4.69) is 0 Å². The zero-order valence-electron chi connectivity index (χ0n) is 6.65. The molecule has 0 fully saturated rings. The lowest BCUT2D eigenvalue weighted by atomic mass is 10.1. The molecule has 1 aromatic rings. The van der Waals surface area contributed by atoms with Crippen molar-refractivity contribution in [1.82, 2.24) is 0 Å². The second-order valence-corrected chi connectivity index (χ2v) is 3.08. The molecule has 0 aromatic heterocycles.